The van der Waals surface area contributed by atoms with E-state index in [1.54, 1.807) is 19.1 Å². The third-order valence-electron chi connectivity index (χ3n) is 1.61. The zero-order chi connectivity index (χ0) is 8.43. The molecule has 1 aromatic rings. The second kappa shape index (κ2) is 4.60. The van der Waals surface area contributed by atoms with E-state index in [4.69, 9.17) is 0 Å². The van der Waals surface area contributed by atoms with Gasteiger partial charge >= 0.3 is 27.7 Å². The van der Waals surface area contributed by atoms with Gasteiger partial charge in [-0.2, -0.15) is 0 Å². The maximum atomic E-state index is 10.5. The number of carboxylic acids is 1. The molecule has 0 aliphatic rings. The number of hydrogen-bond donors (Lipinski definition) is 0. The van der Waals surface area contributed by atoms with Gasteiger partial charge in [-0.1, -0.05) is 17.7 Å². The summed E-state index contributed by atoms with van der Waals surface area (Å²) in [5.74, 6) is -1.11. The molecule has 0 saturated heterocycles. The normalized spacial score (nSPS) is 8.83. The summed E-state index contributed by atoms with van der Waals surface area (Å²) in [5.41, 5.74) is 1.97. The van der Waals surface area contributed by atoms with Gasteiger partial charge in [-0.25, -0.2) is 0 Å². The summed E-state index contributed by atoms with van der Waals surface area (Å²) in [6.45, 7) is 3.61. The van der Waals surface area contributed by atoms with E-state index in [9.17, 15) is 9.90 Å². The van der Waals surface area contributed by atoms with E-state index < -0.39 is 5.97 Å². The van der Waals surface area contributed by atoms with Gasteiger partial charge in [0.15, 0.2) is 0 Å². The van der Waals surface area contributed by atoms with Gasteiger partial charge in [0.2, 0.25) is 0 Å². The van der Waals surface area contributed by atoms with Crippen LogP contribution in [0.5, 0.6) is 0 Å². The molecule has 0 aliphatic heterocycles. The molecule has 1 aromatic carbocycles. The summed E-state index contributed by atoms with van der Waals surface area (Å²) < 4.78 is 0. The van der Waals surface area contributed by atoms with Gasteiger partial charge in [-0.3, -0.25) is 0 Å². The first-order chi connectivity index (χ1) is 5.11. The number of carbonyl (C=O) groups is 1. The summed E-state index contributed by atoms with van der Waals surface area (Å²) in [4.78, 5) is 10.5. The monoisotopic (exact) mass is 351 g/mol. The van der Waals surface area contributed by atoms with Crippen molar-refractivity contribution in [2.75, 3.05) is 0 Å². The van der Waals surface area contributed by atoms with Crippen LogP contribution in [-0.4, -0.2) is 5.97 Å². The average Bonchev–Trinajstić information content (AvgIpc) is 1.94. The first-order valence-electron chi connectivity index (χ1n) is 3.40. The molecular formula is C9H9HgO2. The van der Waals surface area contributed by atoms with Crippen molar-refractivity contribution >= 4 is 5.97 Å². The van der Waals surface area contributed by atoms with Gasteiger partial charge in [0, 0.05) is 5.56 Å². The third-order valence-corrected chi connectivity index (χ3v) is 1.61. The molecule has 1 radical (unpaired) electrons. The average molecular weight is 350 g/mol. The molecule has 0 N–H and O–H groups in total. The van der Waals surface area contributed by atoms with Crippen LogP contribution >= 0.6 is 0 Å². The van der Waals surface area contributed by atoms with Crippen LogP contribution in [0.1, 0.15) is 21.5 Å². The Hall–Kier alpha value is -0.375. The minimum Gasteiger partial charge on any atom is -0.545 e. The van der Waals surface area contributed by atoms with E-state index in [1.807, 2.05) is 13.0 Å². The van der Waals surface area contributed by atoms with Crippen LogP contribution in [0.3, 0.4) is 0 Å². The Balaban J connectivity index is 0.00000121. The van der Waals surface area contributed by atoms with Gasteiger partial charge in [-0.15, -0.1) is 0 Å². The fourth-order valence-corrected chi connectivity index (χ4v) is 0.956. The number of aromatic carboxylic acids is 1. The SMILES string of the molecule is Cc1ccc(C)c(C(=O)[O-])c1.[Hg+]. The van der Waals surface area contributed by atoms with E-state index >= 15 is 0 Å². The fourth-order valence-electron chi connectivity index (χ4n) is 0.956. The van der Waals surface area contributed by atoms with Crippen molar-refractivity contribution in [1.29, 1.82) is 0 Å². The van der Waals surface area contributed by atoms with Crippen LogP contribution in [-0.2, 0) is 27.7 Å². The summed E-state index contributed by atoms with van der Waals surface area (Å²) in [6, 6.07) is 5.27. The van der Waals surface area contributed by atoms with Crippen molar-refractivity contribution in [3.63, 3.8) is 0 Å². The molecule has 0 aliphatic carbocycles. The molecule has 12 heavy (non-hydrogen) atoms. The second-order valence-electron chi connectivity index (χ2n) is 2.61. The second-order valence-corrected chi connectivity index (χ2v) is 2.61. The molecule has 0 aromatic heterocycles. The maximum Gasteiger partial charge on any atom is 1.00 e. The Kier molecular flexibility index (Phi) is 4.46. The van der Waals surface area contributed by atoms with E-state index in [0.29, 0.717) is 0 Å². The molecule has 3 heteroatoms. The summed E-state index contributed by atoms with van der Waals surface area (Å²) >= 11 is 0. The Labute approximate surface area is 92.1 Å². The molecule has 0 saturated carbocycles. The topological polar surface area (TPSA) is 40.1 Å². The standard InChI is InChI=1S/C9H10O2.Hg/c1-6-3-4-7(2)8(5-6)9(10)11;/h3-5H,1-2H3,(H,10,11);/q;+1/p-1. The third kappa shape index (κ3) is 2.59. The molecule has 0 amide bonds. The molecule has 1 rings (SSSR count). The Morgan fingerprint density at radius 2 is 1.92 bits per heavy atom. The van der Waals surface area contributed by atoms with E-state index in [-0.39, 0.29) is 33.2 Å². The predicted molar refractivity (Wildman–Crippen MR) is 40.2 cm³/mol. The van der Waals surface area contributed by atoms with Gasteiger partial charge in [0.05, 0.1) is 5.97 Å². The summed E-state index contributed by atoms with van der Waals surface area (Å²) in [5, 5.41) is 10.5. The van der Waals surface area contributed by atoms with Crippen molar-refractivity contribution in [1.82, 2.24) is 0 Å². The van der Waals surface area contributed by atoms with Crippen molar-refractivity contribution in [2.24, 2.45) is 0 Å². The quantitative estimate of drug-likeness (QED) is 0.699. The molecule has 0 atom stereocenters. The Morgan fingerprint density at radius 3 is 2.33 bits per heavy atom. The number of carboxylic acid groups (broad SMARTS) is 1. The minimum atomic E-state index is -1.11. The zero-order valence-electron chi connectivity index (χ0n) is 7.26. The fraction of sp³-hybridized carbons (Fsp3) is 0.222. The number of hydrogen-bond acceptors (Lipinski definition) is 2. The predicted octanol–water partition coefficient (Wildman–Crippen LogP) is 0.664. The van der Waals surface area contributed by atoms with Crippen LogP contribution in [0, 0.1) is 13.8 Å². The van der Waals surface area contributed by atoms with Gasteiger partial charge in [0.1, 0.15) is 0 Å². The van der Waals surface area contributed by atoms with Gasteiger partial charge < -0.3 is 9.90 Å². The molecule has 0 fully saturated rings. The van der Waals surface area contributed by atoms with Crippen molar-refractivity contribution in [2.45, 2.75) is 13.8 Å². The summed E-state index contributed by atoms with van der Waals surface area (Å²) in [6.07, 6.45) is 0. The number of benzene rings is 1. The van der Waals surface area contributed by atoms with Crippen LogP contribution < -0.4 is 5.11 Å². The maximum absolute atomic E-state index is 10.5. The van der Waals surface area contributed by atoms with Crippen molar-refractivity contribution < 1.29 is 37.6 Å². The van der Waals surface area contributed by atoms with Crippen molar-refractivity contribution in [3.8, 4) is 0 Å². The first kappa shape index (κ1) is 11.6. The Bertz CT molecular complexity index is 295. The van der Waals surface area contributed by atoms with E-state index in [0.717, 1.165) is 11.1 Å². The number of rotatable bonds is 1. The first-order valence-corrected chi connectivity index (χ1v) is 3.40. The molecule has 0 spiro atoms. The van der Waals surface area contributed by atoms with Gasteiger partial charge in [-0.05, 0) is 25.5 Å². The smallest absolute Gasteiger partial charge is 0.545 e. The zero-order valence-corrected chi connectivity index (χ0v) is 12.8. The minimum absolute atomic E-state index is 0. The molecule has 0 unspecified atom stereocenters. The molecule has 59 valence electrons. The van der Waals surface area contributed by atoms with Crippen molar-refractivity contribution in [3.05, 3.63) is 34.9 Å². The van der Waals surface area contributed by atoms with Gasteiger partial charge in [0.25, 0.3) is 0 Å². The van der Waals surface area contributed by atoms with E-state index in [1.165, 1.54) is 0 Å². The molecule has 0 heterocycles. The van der Waals surface area contributed by atoms with E-state index in [2.05, 4.69) is 0 Å². The summed E-state index contributed by atoms with van der Waals surface area (Å²) in [7, 11) is 0. The molecule has 0 bridgehead atoms. The molecular weight excluding hydrogens is 341 g/mol. The Morgan fingerprint density at radius 1 is 1.33 bits per heavy atom. The van der Waals surface area contributed by atoms with Crippen LogP contribution in [0.4, 0.5) is 0 Å². The molecule has 2 nitrogen and oxygen atoms in total. The van der Waals surface area contributed by atoms with Crippen LogP contribution in [0.25, 0.3) is 0 Å². The van der Waals surface area contributed by atoms with Crippen LogP contribution in [0.2, 0.25) is 0 Å². The number of carbonyl (C=O) groups excluding carboxylic acids is 1. The van der Waals surface area contributed by atoms with Crippen LogP contribution in [0.15, 0.2) is 18.2 Å². The number of aryl methyl sites for hydroxylation is 2. The largest absolute Gasteiger partial charge is 1.00 e.